The van der Waals surface area contributed by atoms with Crippen molar-refractivity contribution in [2.75, 3.05) is 18.6 Å². The van der Waals surface area contributed by atoms with E-state index in [4.69, 9.17) is 4.74 Å². The van der Waals surface area contributed by atoms with Crippen molar-refractivity contribution in [2.24, 2.45) is 0 Å². The van der Waals surface area contributed by atoms with E-state index in [2.05, 4.69) is 4.74 Å². The van der Waals surface area contributed by atoms with Crippen molar-refractivity contribution in [1.29, 1.82) is 0 Å². The highest BCUT2D eigenvalue weighted by atomic mass is 16.5. The zero-order valence-electron chi connectivity index (χ0n) is 16.1. The molecule has 2 aromatic carbocycles. The Morgan fingerprint density at radius 1 is 1.04 bits per heavy atom. The summed E-state index contributed by atoms with van der Waals surface area (Å²) in [5.41, 5.74) is 1.88. The molecule has 0 aromatic heterocycles. The minimum absolute atomic E-state index is 0.294. The number of hydrogen-bond acceptors (Lipinski definition) is 5. The molecule has 6 heteroatoms. The van der Waals surface area contributed by atoms with E-state index in [0.29, 0.717) is 17.7 Å². The van der Waals surface area contributed by atoms with Crippen molar-refractivity contribution < 1.29 is 23.9 Å². The lowest BCUT2D eigenvalue weighted by molar-refractivity contribution is -0.149. The molecule has 0 radical (unpaired) electrons. The van der Waals surface area contributed by atoms with E-state index in [0.717, 1.165) is 5.69 Å². The first-order valence-electron chi connectivity index (χ1n) is 8.89. The van der Waals surface area contributed by atoms with Gasteiger partial charge in [0.05, 0.1) is 12.7 Å². The Balaban J connectivity index is 1.96. The third-order valence-electron chi connectivity index (χ3n) is 4.03. The van der Waals surface area contributed by atoms with Gasteiger partial charge in [0.2, 0.25) is 0 Å². The number of likely N-dealkylation sites (N-methyl/N-ethyl adjacent to an activating group) is 1. The number of rotatable bonds is 7. The summed E-state index contributed by atoms with van der Waals surface area (Å²) in [6.45, 7) is 3.87. The molecule has 2 rings (SSSR count). The maximum atomic E-state index is 12.6. The highest BCUT2D eigenvalue weighted by Crippen LogP contribution is 2.15. The number of anilines is 1. The van der Waals surface area contributed by atoms with Gasteiger partial charge in [-0.05, 0) is 49.8 Å². The summed E-state index contributed by atoms with van der Waals surface area (Å²) >= 11 is 0. The van der Waals surface area contributed by atoms with Crippen molar-refractivity contribution in [3.8, 4) is 0 Å². The van der Waals surface area contributed by atoms with Crippen LogP contribution in [0.2, 0.25) is 0 Å². The molecule has 6 nitrogen and oxygen atoms in total. The molecular weight excluding hydrogens is 358 g/mol. The molecule has 0 aliphatic heterocycles. The van der Waals surface area contributed by atoms with E-state index in [9.17, 15) is 14.4 Å². The topological polar surface area (TPSA) is 72.9 Å². The van der Waals surface area contributed by atoms with E-state index < -0.39 is 18.0 Å². The Labute approximate surface area is 164 Å². The second kappa shape index (κ2) is 10.1. The summed E-state index contributed by atoms with van der Waals surface area (Å²) in [7, 11) is 1.31. The number of carbonyl (C=O) groups excluding carboxylic acids is 3. The van der Waals surface area contributed by atoms with E-state index in [1.807, 2.05) is 37.3 Å². The summed E-state index contributed by atoms with van der Waals surface area (Å²) in [5.74, 6) is -1.35. The minimum atomic E-state index is -0.918. The van der Waals surface area contributed by atoms with Crippen LogP contribution in [0.15, 0.2) is 60.7 Å². The Morgan fingerprint density at radius 2 is 1.68 bits per heavy atom. The first kappa shape index (κ1) is 20.9. The molecule has 0 saturated heterocycles. The first-order valence-corrected chi connectivity index (χ1v) is 8.89. The largest absolute Gasteiger partial charge is 0.465 e. The van der Waals surface area contributed by atoms with Crippen LogP contribution in [0.3, 0.4) is 0 Å². The number of methoxy groups -OCH3 is 1. The van der Waals surface area contributed by atoms with Gasteiger partial charge in [0, 0.05) is 18.3 Å². The lowest BCUT2D eigenvalue weighted by Gasteiger charge is -2.24. The SMILES string of the molecule is CCN(C(=O)[C@H](C)OC(=O)/C=C/c1ccc(C(=O)OC)cc1)c1ccccc1. The number of hydrogen-bond donors (Lipinski definition) is 0. The van der Waals surface area contributed by atoms with Crippen molar-refractivity contribution in [3.63, 3.8) is 0 Å². The molecule has 146 valence electrons. The van der Waals surface area contributed by atoms with E-state index >= 15 is 0 Å². The van der Waals surface area contributed by atoms with Crippen LogP contribution in [0.4, 0.5) is 5.69 Å². The molecule has 1 amide bonds. The van der Waals surface area contributed by atoms with Gasteiger partial charge in [-0.1, -0.05) is 30.3 Å². The number of nitrogens with zero attached hydrogens (tertiary/aromatic N) is 1. The lowest BCUT2D eigenvalue weighted by atomic mass is 10.1. The van der Waals surface area contributed by atoms with Gasteiger partial charge in [-0.3, -0.25) is 4.79 Å². The van der Waals surface area contributed by atoms with Crippen molar-refractivity contribution in [3.05, 3.63) is 71.8 Å². The quantitative estimate of drug-likeness (QED) is 0.542. The fourth-order valence-corrected chi connectivity index (χ4v) is 2.57. The molecule has 0 aliphatic rings. The first-order chi connectivity index (χ1) is 13.5. The summed E-state index contributed by atoms with van der Waals surface area (Å²) in [5, 5.41) is 0. The van der Waals surface area contributed by atoms with Crippen LogP contribution >= 0.6 is 0 Å². The zero-order chi connectivity index (χ0) is 20.5. The van der Waals surface area contributed by atoms with Gasteiger partial charge in [0.15, 0.2) is 6.10 Å². The van der Waals surface area contributed by atoms with Crippen LogP contribution < -0.4 is 4.90 Å². The highest BCUT2D eigenvalue weighted by Gasteiger charge is 2.23. The Hall–Kier alpha value is -3.41. The second-order valence-corrected chi connectivity index (χ2v) is 5.94. The predicted molar refractivity (Wildman–Crippen MR) is 107 cm³/mol. The monoisotopic (exact) mass is 381 g/mol. The summed E-state index contributed by atoms with van der Waals surface area (Å²) in [6, 6.07) is 15.8. The summed E-state index contributed by atoms with van der Waals surface area (Å²) < 4.78 is 9.86. The fraction of sp³-hybridized carbons (Fsp3) is 0.227. The smallest absolute Gasteiger partial charge is 0.337 e. The average Bonchev–Trinajstić information content (AvgIpc) is 2.73. The molecule has 0 bridgehead atoms. The van der Waals surface area contributed by atoms with Crippen LogP contribution in [-0.4, -0.2) is 37.6 Å². The third kappa shape index (κ3) is 5.54. The molecule has 0 spiro atoms. The maximum Gasteiger partial charge on any atom is 0.337 e. The van der Waals surface area contributed by atoms with Gasteiger partial charge in [0.25, 0.3) is 5.91 Å². The van der Waals surface area contributed by atoms with Crippen molar-refractivity contribution in [1.82, 2.24) is 0 Å². The van der Waals surface area contributed by atoms with Gasteiger partial charge in [0.1, 0.15) is 0 Å². The summed E-state index contributed by atoms with van der Waals surface area (Å²) in [4.78, 5) is 37.6. The van der Waals surface area contributed by atoms with E-state index in [1.165, 1.54) is 13.2 Å². The highest BCUT2D eigenvalue weighted by molar-refractivity contribution is 5.98. The normalized spacial score (nSPS) is 11.7. The van der Waals surface area contributed by atoms with Crippen molar-refractivity contribution in [2.45, 2.75) is 20.0 Å². The van der Waals surface area contributed by atoms with Gasteiger partial charge in [-0.25, -0.2) is 9.59 Å². The van der Waals surface area contributed by atoms with E-state index in [-0.39, 0.29) is 5.91 Å². The third-order valence-corrected chi connectivity index (χ3v) is 4.03. The molecule has 0 saturated carbocycles. The van der Waals surface area contributed by atoms with Crippen LogP contribution in [0.25, 0.3) is 6.08 Å². The number of amides is 1. The van der Waals surface area contributed by atoms with Gasteiger partial charge in [-0.2, -0.15) is 0 Å². The van der Waals surface area contributed by atoms with Crippen LogP contribution in [0.1, 0.15) is 29.8 Å². The van der Waals surface area contributed by atoms with Gasteiger partial charge >= 0.3 is 11.9 Å². The fourth-order valence-electron chi connectivity index (χ4n) is 2.57. The van der Waals surface area contributed by atoms with E-state index in [1.54, 1.807) is 42.2 Å². The number of carbonyl (C=O) groups is 3. The Morgan fingerprint density at radius 3 is 2.25 bits per heavy atom. The molecule has 1 atom stereocenters. The number of esters is 2. The molecule has 0 heterocycles. The van der Waals surface area contributed by atoms with Crippen molar-refractivity contribution >= 4 is 29.6 Å². The zero-order valence-corrected chi connectivity index (χ0v) is 16.1. The summed E-state index contributed by atoms with van der Waals surface area (Å²) in [6.07, 6.45) is 1.88. The Bertz CT molecular complexity index is 843. The van der Waals surface area contributed by atoms with Gasteiger partial charge in [-0.15, -0.1) is 0 Å². The molecule has 0 unspecified atom stereocenters. The predicted octanol–water partition coefficient (Wildman–Crippen LogP) is 3.47. The number of benzene rings is 2. The minimum Gasteiger partial charge on any atom is -0.465 e. The number of ether oxygens (including phenoxy) is 2. The molecular formula is C22H23NO5. The lowest BCUT2D eigenvalue weighted by Crippen LogP contribution is -2.39. The molecule has 0 aliphatic carbocycles. The number of para-hydroxylation sites is 1. The molecule has 0 N–H and O–H groups in total. The van der Waals surface area contributed by atoms with Crippen LogP contribution in [-0.2, 0) is 19.1 Å². The molecule has 2 aromatic rings. The maximum absolute atomic E-state index is 12.6. The second-order valence-electron chi connectivity index (χ2n) is 5.94. The molecule has 28 heavy (non-hydrogen) atoms. The Kier molecular flexibility index (Phi) is 7.51. The van der Waals surface area contributed by atoms with Crippen LogP contribution in [0.5, 0.6) is 0 Å². The standard InChI is InChI=1S/C22H23NO5/c1-4-23(19-8-6-5-7-9-19)21(25)16(2)28-20(24)15-12-17-10-13-18(14-11-17)22(26)27-3/h5-16H,4H2,1-3H3/b15-12+/t16-/m0/s1. The van der Waals surface area contributed by atoms with Crippen LogP contribution in [0, 0.1) is 0 Å². The average molecular weight is 381 g/mol. The van der Waals surface area contributed by atoms with Gasteiger partial charge < -0.3 is 14.4 Å². The molecule has 0 fully saturated rings.